The molecule has 4 rings (SSSR count). The number of aryl methyl sites for hydroxylation is 2. The summed E-state index contributed by atoms with van der Waals surface area (Å²) in [5, 5.41) is 16.2. The van der Waals surface area contributed by atoms with Gasteiger partial charge in [0.1, 0.15) is 22.3 Å². The number of amides is 1. The Morgan fingerprint density at radius 2 is 2.06 bits per heavy atom. The zero-order valence-corrected chi connectivity index (χ0v) is 20.1. The van der Waals surface area contributed by atoms with Crippen LogP contribution in [0.5, 0.6) is 0 Å². The number of hydrogen-bond acceptors (Lipinski definition) is 9. The molecule has 1 amide bonds. The Balaban J connectivity index is 1.43. The Morgan fingerprint density at radius 1 is 1.27 bits per heavy atom. The van der Waals surface area contributed by atoms with E-state index in [0.29, 0.717) is 44.0 Å². The number of hydrogen-bond donors (Lipinski definition) is 3. The van der Waals surface area contributed by atoms with E-state index in [0.717, 1.165) is 38.2 Å². The molecule has 33 heavy (non-hydrogen) atoms. The molecule has 3 aromatic rings. The summed E-state index contributed by atoms with van der Waals surface area (Å²) in [5.74, 6) is 2.41. The number of rotatable bonds is 7. The van der Waals surface area contributed by atoms with E-state index < -0.39 is 0 Å². The van der Waals surface area contributed by atoms with Crippen molar-refractivity contribution < 1.29 is 9.90 Å². The molecule has 174 valence electrons. The summed E-state index contributed by atoms with van der Waals surface area (Å²) in [7, 11) is 0. The van der Waals surface area contributed by atoms with Crippen molar-refractivity contribution in [3.05, 3.63) is 45.9 Å². The summed E-state index contributed by atoms with van der Waals surface area (Å²) in [5.41, 5.74) is 1.13. The van der Waals surface area contributed by atoms with E-state index >= 15 is 0 Å². The third kappa shape index (κ3) is 5.76. The third-order valence-electron chi connectivity index (χ3n) is 5.59. The van der Waals surface area contributed by atoms with Gasteiger partial charge >= 0.3 is 0 Å². The first-order valence-corrected chi connectivity index (χ1v) is 12.0. The molecule has 0 spiro atoms. The monoisotopic (exact) mass is 487 g/mol. The second-order valence-corrected chi connectivity index (χ2v) is 9.40. The van der Waals surface area contributed by atoms with Gasteiger partial charge in [0.15, 0.2) is 5.13 Å². The molecule has 3 N–H and O–H groups in total. The predicted molar refractivity (Wildman–Crippen MR) is 131 cm³/mol. The van der Waals surface area contributed by atoms with Crippen LogP contribution in [0.15, 0.2) is 24.5 Å². The maximum Gasteiger partial charge on any atom is 0.267 e. The molecule has 1 saturated heterocycles. The van der Waals surface area contributed by atoms with E-state index in [-0.39, 0.29) is 12.5 Å². The van der Waals surface area contributed by atoms with Crippen molar-refractivity contribution in [3.63, 3.8) is 0 Å². The Hall–Kier alpha value is -2.82. The molecule has 0 saturated carbocycles. The van der Waals surface area contributed by atoms with Crippen LogP contribution in [0.3, 0.4) is 0 Å². The number of aromatic nitrogens is 4. The highest BCUT2D eigenvalue weighted by Crippen LogP contribution is 2.29. The summed E-state index contributed by atoms with van der Waals surface area (Å²) >= 11 is 7.41. The number of anilines is 4. The van der Waals surface area contributed by atoms with Crippen LogP contribution in [0.25, 0.3) is 0 Å². The summed E-state index contributed by atoms with van der Waals surface area (Å²) < 4.78 is 0. The van der Waals surface area contributed by atoms with E-state index in [1.54, 1.807) is 19.2 Å². The molecule has 11 heteroatoms. The molecule has 1 aliphatic rings. The molecule has 0 atom stereocenters. The lowest BCUT2D eigenvalue weighted by Crippen LogP contribution is -2.34. The first-order valence-electron chi connectivity index (χ1n) is 10.8. The quantitative estimate of drug-likeness (QED) is 0.454. The number of thiazole rings is 1. The molecule has 9 nitrogen and oxygen atoms in total. The molecule has 0 unspecified atom stereocenters. The van der Waals surface area contributed by atoms with Gasteiger partial charge < -0.3 is 20.6 Å². The van der Waals surface area contributed by atoms with Gasteiger partial charge in [-0.2, -0.15) is 0 Å². The SMILES string of the molecule is Cc1nc(Nc2ncc(C(=O)Nc3c(Cl)ccnc3C)s2)cc(N2CCC(CCO)CC2)n1. The topological polar surface area (TPSA) is 116 Å². The van der Waals surface area contributed by atoms with Gasteiger partial charge in [-0.3, -0.25) is 9.78 Å². The summed E-state index contributed by atoms with van der Waals surface area (Å²) in [4.78, 5) is 32.9. The van der Waals surface area contributed by atoms with Gasteiger partial charge in [-0.15, -0.1) is 0 Å². The minimum Gasteiger partial charge on any atom is -0.396 e. The highest BCUT2D eigenvalue weighted by molar-refractivity contribution is 7.17. The average molecular weight is 488 g/mol. The third-order valence-corrected chi connectivity index (χ3v) is 6.82. The van der Waals surface area contributed by atoms with Crippen molar-refractivity contribution in [2.75, 3.05) is 35.2 Å². The minimum absolute atomic E-state index is 0.244. The average Bonchev–Trinajstić information content (AvgIpc) is 3.25. The Bertz CT molecular complexity index is 1110. The van der Waals surface area contributed by atoms with Crippen LogP contribution >= 0.6 is 22.9 Å². The lowest BCUT2D eigenvalue weighted by atomic mass is 9.94. The molecule has 3 aromatic heterocycles. The smallest absolute Gasteiger partial charge is 0.267 e. The fourth-order valence-electron chi connectivity index (χ4n) is 3.82. The van der Waals surface area contributed by atoms with E-state index in [2.05, 4.69) is 35.5 Å². The van der Waals surface area contributed by atoms with E-state index in [9.17, 15) is 4.79 Å². The Morgan fingerprint density at radius 3 is 2.79 bits per heavy atom. The number of nitrogens with zero attached hydrogens (tertiary/aromatic N) is 5. The van der Waals surface area contributed by atoms with Crippen LogP contribution < -0.4 is 15.5 Å². The number of halogens is 1. The first kappa shape index (κ1) is 23.3. The van der Waals surface area contributed by atoms with Gasteiger partial charge in [-0.1, -0.05) is 22.9 Å². The Kier molecular flexibility index (Phi) is 7.36. The number of aliphatic hydroxyl groups is 1. The van der Waals surface area contributed by atoms with Crippen LogP contribution in [0, 0.1) is 19.8 Å². The Labute approximate surface area is 201 Å². The summed E-state index contributed by atoms with van der Waals surface area (Å²) in [6.45, 7) is 5.68. The highest BCUT2D eigenvalue weighted by atomic mass is 35.5. The number of piperidine rings is 1. The zero-order valence-electron chi connectivity index (χ0n) is 18.5. The summed E-state index contributed by atoms with van der Waals surface area (Å²) in [6.07, 6.45) is 6.05. The van der Waals surface area contributed by atoms with Gasteiger partial charge in [0.05, 0.1) is 22.6 Å². The normalized spacial score (nSPS) is 14.4. The van der Waals surface area contributed by atoms with Crippen molar-refractivity contribution in [1.82, 2.24) is 19.9 Å². The molecule has 0 aliphatic carbocycles. The predicted octanol–water partition coefficient (Wildman–Crippen LogP) is 4.19. The number of nitrogens with one attached hydrogen (secondary N) is 2. The van der Waals surface area contributed by atoms with Crippen molar-refractivity contribution in [3.8, 4) is 0 Å². The fourth-order valence-corrected chi connectivity index (χ4v) is 4.78. The van der Waals surface area contributed by atoms with Crippen molar-refractivity contribution in [2.45, 2.75) is 33.1 Å². The minimum atomic E-state index is -0.302. The summed E-state index contributed by atoms with van der Waals surface area (Å²) in [6, 6.07) is 3.53. The maximum absolute atomic E-state index is 12.7. The van der Waals surface area contributed by atoms with Crippen molar-refractivity contribution in [2.24, 2.45) is 5.92 Å². The number of carbonyl (C=O) groups excluding carboxylic acids is 1. The van der Waals surface area contributed by atoms with Crippen LogP contribution in [-0.4, -0.2) is 50.6 Å². The lowest BCUT2D eigenvalue weighted by Gasteiger charge is -2.32. The molecule has 1 fully saturated rings. The van der Waals surface area contributed by atoms with E-state index in [1.165, 1.54) is 17.5 Å². The van der Waals surface area contributed by atoms with Gasteiger partial charge in [0.2, 0.25) is 0 Å². The maximum atomic E-state index is 12.7. The standard InChI is InChI=1S/C22H26ClN7O2S/c1-13-20(16(23)3-7-24-13)29-21(32)17-12-25-22(33-17)28-18-11-19(27-14(2)26-18)30-8-4-15(5-9-30)6-10-31/h3,7,11-12,15,31H,4-6,8-10H2,1-2H3,(H,29,32)(H,25,26,27,28). The number of aliphatic hydroxyl groups excluding tert-OH is 1. The second kappa shape index (κ2) is 10.4. The number of carbonyl (C=O) groups is 1. The van der Waals surface area contributed by atoms with Gasteiger partial charge in [-0.05, 0) is 45.1 Å². The largest absolute Gasteiger partial charge is 0.396 e. The lowest BCUT2D eigenvalue weighted by molar-refractivity contribution is 0.103. The molecule has 0 aromatic carbocycles. The zero-order chi connectivity index (χ0) is 23.4. The highest BCUT2D eigenvalue weighted by Gasteiger charge is 2.21. The van der Waals surface area contributed by atoms with Crippen LogP contribution in [0.2, 0.25) is 5.02 Å². The fraction of sp³-hybridized carbons (Fsp3) is 0.409. The van der Waals surface area contributed by atoms with Crippen LogP contribution in [-0.2, 0) is 0 Å². The van der Waals surface area contributed by atoms with Crippen molar-refractivity contribution in [1.29, 1.82) is 0 Å². The van der Waals surface area contributed by atoms with Crippen LogP contribution in [0.4, 0.5) is 22.5 Å². The van der Waals surface area contributed by atoms with Gasteiger partial charge in [0.25, 0.3) is 5.91 Å². The molecule has 4 heterocycles. The molecular formula is C22H26ClN7O2S. The first-order chi connectivity index (χ1) is 15.9. The van der Waals surface area contributed by atoms with Crippen LogP contribution in [0.1, 0.15) is 40.5 Å². The molecule has 1 aliphatic heterocycles. The molecule has 0 radical (unpaired) electrons. The molecular weight excluding hydrogens is 462 g/mol. The molecule has 0 bridgehead atoms. The number of pyridine rings is 1. The second-order valence-electron chi connectivity index (χ2n) is 7.96. The van der Waals surface area contributed by atoms with E-state index in [4.69, 9.17) is 16.7 Å². The van der Waals surface area contributed by atoms with Crippen molar-refractivity contribution >= 4 is 51.3 Å². The van der Waals surface area contributed by atoms with Gasteiger partial charge in [-0.25, -0.2) is 15.0 Å². The van der Waals surface area contributed by atoms with Gasteiger partial charge in [0, 0.05) is 32.0 Å². The van der Waals surface area contributed by atoms with E-state index in [1.807, 2.05) is 13.0 Å².